The van der Waals surface area contributed by atoms with Crippen molar-refractivity contribution < 1.29 is 14.5 Å². The first-order valence-corrected chi connectivity index (χ1v) is 8.35. The molecule has 0 spiro atoms. The van der Waals surface area contributed by atoms with E-state index in [1.165, 1.54) is 29.1 Å². The van der Waals surface area contributed by atoms with Crippen LogP contribution in [0.15, 0.2) is 54.7 Å². The number of hydrogen-bond donors (Lipinski definition) is 1. The number of nitro benzene ring substituents is 1. The Hall–Kier alpha value is -3.10. The van der Waals surface area contributed by atoms with Gasteiger partial charge in [-0.15, -0.1) is 0 Å². The summed E-state index contributed by atoms with van der Waals surface area (Å²) in [6, 6.07) is 12.2. The maximum absolute atomic E-state index is 12.5. The molecule has 0 unspecified atom stereocenters. The number of amides is 1. The Morgan fingerprint density at radius 1 is 1.15 bits per heavy atom. The number of hydrogen-bond acceptors (Lipinski definition) is 5. The Morgan fingerprint density at radius 3 is 2.56 bits per heavy atom. The Balaban J connectivity index is 1.74. The van der Waals surface area contributed by atoms with Gasteiger partial charge in [-0.2, -0.15) is 5.10 Å². The smallest absolute Gasteiger partial charge is 0.294 e. The lowest BCUT2D eigenvalue weighted by Crippen LogP contribution is -2.20. The third-order valence-electron chi connectivity index (χ3n) is 3.52. The zero-order valence-corrected chi connectivity index (χ0v) is 15.1. The molecule has 0 aliphatic carbocycles. The normalized spacial score (nSPS) is 10.4. The molecule has 1 heterocycles. The van der Waals surface area contributed by atoms with Gasteiger partial charge in [0.05, 0.1) is 4.92 Å². The molecule has 0 atom stereocenters. The van der Waals surface area contributed by atoms with E-state index < -0.39 is 10.8 Å². The minimum atomic E-state index is -0.623. The first-order chi connectivity index (χ1) is 12.9. The van der Waals surface area contributed by atoms with E-state index in [0.717, 1.165) is 6.07 Å². The Kier molecular flexibility index (Phi) is 5.58. The van der Waals surface area contributed by atoms with Crippen molar-refractivity contribution in [3.63, 3.8) is 0 Å². The minimum Gasteiger partial charge on any atom is -0.471 e. The van der Waals surface area contributed by atoms with Gasteiger partial charge in [-0.25, -0.2) is 4.68 Å². The number of nitro groups is 1. The van der Waals surface area contributed by atoms with Crippen LogP contribution in [-0.2, 0) is 6.73 Å². The Morgan fingerprint density at radius 2 is 1.85 bits per heavy atom. The van der Waals surface area contributed by atoms with Gasteiger partial charge in [0.1, 0.15) is 17.1 Å². The maximum Gasteiger partial charge on any atom is 0.294 e. The number of carbonyl (C=O) groups excluding carboxylic acids is 1. The fraction of sp³-hybridized carbons (Fsp3) is 0.0588. The summed E-state index contributed by atoms with van der Waals surface area (Å²) in [5, 5.41) is 18.4. The quantitative estimate of drug-likeness (QED) is 0.483. The van der Waals surface area contributed by atoms with Crippen LogP contribution in [-0.4, -0.2) is 20.6 Å². The summed E-state index contributed by atoms with van der Waals surface area (Å²) in [7, 11) is 0. The fourth-order valence-electron chi connectivity index (χ4n) is 2.24. The van der Waals surface area contributed by atoms with Gasteiger partial charge >= 0.3 is 0 Å². The van der Waals surface area contributed by atoms with E-state index in [0.29, 0.717) is 10.8 Å². The minimum absolute atomic E-state index is 0.0277. The molecule has 0 saturated carbocycles. The van der Waals surface area contributed by atoms with Gasteiger partial charge in [0.2, 0.25) is 0 Å². The lowest BCUT2D eigenvalue weighted by Gasteiger charge is -2.10. The topological polar surface area (TPSA) is 99.3 Å². The molecule has 1 aromatic heterocycles. The summed E-state index contributed by atoms with van der Waals surface area (Å²) in [6.07, 6.45) is 1.43. The van der Waals surface area contributed by atoms with E-state index in [4.69, 9.17) is 27.9 Å². The third-order valence-corrected chi connectivity index (χ3v) is 4.01. The van der Waals surface area contributed by atoms with Crippen LogP contribution < -0.4 is 10.1 Å². The molecule has 1 amide bonds. The second-order valence-electron chi connectivity index (χ2n) is 5.32. The molecular formula is C17H12Cl2N4O4. The number of aromatic nitrogens is 2. The van der Waals surface area contributed by atoms with Crippen LogP contribution in [0.3, 0.4) is 0 Å². The van der Waals surface area contributed by atoms with Crippen molar-refractivity contribution in [2.24, 2.45) is 0 Å². The first kappa shape index (κ1) is 18.7. The van der Waals surface area contributed by atoms with Gasteiger partial charge < -0.3 is 10.1 Å². The second-order valence-corrected chi connectivity index (χ2v) is 6.19. The van der Waals surface area contributed by atoms with Crippen LogP contribution in [0.2, 0.25) is 10.0 Å². The lowest BCUT2D eigenvalue weighted by molar-refractivity contribution is -0.383. The summed E-state index contributed by atoms with van der Waals surface area (Å²) >= 11 is 11.6. The molecule has 1 N–H and O–H groups in total. The van der Waals surface area contributed by atoms with E-state index >= 15 is 0 Å². The summed E-state index contributed by atoms with van der Waals surface area (Å²) in [5.41, 5.74) is -0.103. The number of carbonyl (C=O) groups is 1. The number of nitrogens with zero attached hydrogens (tertiary/aromatic N) is 3. The van der Waals surface area contributed by atoms with Crippen LogP contribution >= 0.6 is 23.2 Å². The molecule has 2 aromatic carbocycles. The van der Waals surface area contributed by atoms with Gasteiger partial charge in [0.15, 0.2) is 6.73 Å². The number of ether oxygens (including phenoxy) is 1. The van der Waals surface area contributed by atoms with Crippen molar-refractivity contribution in [2.45, 2.75) is 6.73 Å². The van der Waals surface area contributed by atoms with E-state index in [1.54, 1.807) is 24.3 Å². The van der Waals surface area contributed by atoms with E-state index in [-0.39, 0.29) is 28.8 Å². The van der Waals surface area contributed by atoms with Crippen molar-refractivity contribution in [1.29, 1.82) is 0 Å². The van der Waals surface area contributed by atoms with Gasteiger partial charge in [-0.3, -0.25) is 14.9 Å². The number of halogens is 2. The predicted octanol–water partition coefficient (Wildman–Crippen LogP) is 4.39. The van der Waals surface area contributed by atoms with E-state index in [9.17, 15) is 14.9 Å². The maximum atomic E-state index is 12.5. The SMILES string of the molecule is O=C(Nc1ccc(Cl)cc1[N+](=O)[O-])c1ccnn1COc1ccc(Cl)cc1. The molecule has 138 valence electrons. The van der Waals surface area contributed by atoms with Crippen LogP contribution in [0.4, 0.5) is 11.4 Å². The van der Waals surface area contributed by atoms with Gasteiger partial charge in [0, 0.05) is 22.3 Å². The van der Waals surface area contributed by atoms with Crippen molar-refractivity contribution >= 4 is 40.5 Å². The van der Waals surface area contributed by atoms with E-state index in [2.05, 4.69) is 10.4 Å². The molecule has 0 aliphatic rings. The highest BCUT2D eigenvalue weighted by molar-refractivity contribution is 6.31. The van der Waals surface area contributed by atoms with Crippen molar-refractivity contribution in [3.8, 4) is 5.75 Å². The summed E-state index contributed by atoms with van der Waals surface area (Å²) < 4.78 is 6.89. The van der Waals surface area contributed by atoms with Crippen molar-refractivity contribution in [2.75, 3.05) is 5.32 Å². The molecule has 0 aliphatic heterocycles. The second kappa shape index (κ2) is 8.07. The Bertz CT molecular complexity index is 989. The number of benzene rings is 2. The van der Waals surface area contributed by atoms with Crippen LogP contribution in [0, 0.1) is 10.1 Å². The van der Waals surface area contributed by atoms with Crippen LogP contribution in [0.1, 0.15) is 10.5 Å². The molecule has 0 saturated heterocycles. The highest BCUT2D eigenvalue weighted by Gasteiger charge is 2.19. The number of nitrogens with one attached hydrogen (secondary N) is 1. The lowest BCUT2D eigenvalue weighted by atomic mass is 10.2. The zero-order valence-electron chi connectivity index (χ0n) is 13.6. The monoisotopic (exact) mass is 406 g/mol. The molecule has 0 radical (unpaired) electrons. The van der Waals surface area contributed by atoms with Gasteiger partial charge in [-0.1, -0.05) is 23.2 Å². The molecule has 0 bridgehead atoms. The molecule has 10 heteroatoms. The standard InChI is InChI=1S/C17H12Cl2N4O4/c18-11-1-4-13(5-2-11)27-10-22-15(7-8-20-22)17(24)21-14-6-3-12(19)9-16(14)23(25)26/h1-9H,10H2,(H,21,24). The van der Waals surface area contributed by atoms with Crippen LogP contribution in [0.5, 0.6) is 5.75 Å². The zero-order chi connectivity index (χ0) is 19.4. The van der Waals surface area contributed by atoms with Crippen LogP contribution in [0.25, 0.3) is 0 Å². The third kappa shape index (κ3) is 4.55. The molecule has 27 heavy (non-hydrogen) atoms. The highest BCUT2D eigenvalue weighted by atomic mass is 35.5. The Labute approximate surface area is 163 Å². The average molecular weight is 407 g/mol. The average Bonchev–Trinajstić information content (AvgIpc) is 3.11. The number of rotatable bonds is 6. The molecule has 3 aromatic rings. The summed E-state index contributed by atoms with van der Waals surface area (Å²) in [6.45, 7) is -0.0277. The predicted molar refractivity (Wildman–Crippen MR) is 100 cm³/mol. The molecular weight excluding hydrogens is 395 g/mol. The molecule has 8 nitrogen and oxygen atoms in total. The van der Waals surface area contributed by atoms with Crippen molar-refractivity contribution in [3.05, 3.63) is 80.6 Å². The van der Waals surface area contributed by atoms with E-state index in [1.807, 2.05) is 0 Å². The summed E-state index contributed by atoms with van der Waals surface area (Å²) in [4.78, 5) is 23.0. The van der Waals surface area contributed by atoms with Gasteiger partial charge in [0.25, 0.3) is 11.6 Å². The highest BCUT2D eigenvalue weighted by Crippen LogP contribution is 2.28. The van der Waals surface area contributed by atoms with Crippen molar-refractivity contribution in [1.82, 2.24) is 9.78 Å². The first-order valence-electron chi connectivity index (χ1n) is 7.59. The van der Waals surface area contributed by atoms with Gasteiger partial charge in [-0.05, 0) is 42.5 Å². The largest absolute Gasteiger partial charge is 0.471 e. The molecule has 3 rings (SSSR count). The summed E-state index contributed by atoms with van der Waals surface area (Å²) in [5.74, 6) is -0.0211. The molecule has 0 fully saturated rings. The fourth-order valence-corrected chi connectivity index (χ4v) is 2.54. The number of anilines is 1.